The Kier molecular flexibility index (Phi) is 5.15. The van der Waals surface area contributed by atoms with Crippen LogP contribution in [0.2, 0.25) is 0 Å². The number of benzene rings is 2. The first kappa shape index (κ1) is 19.9. The van der Waals surface area contributed by atoms with E-state index < -0.39 is 23.1 Å². The molecule has 0 bridgehead atoms. The number of hydrogen-bond donors (Lipinski definition) is 1. The number of nitrogens with zero attached hydrogens (tertiary/aromatic N) is 3. The average Bonchev–Trinajstić information content (AvgIpc) is 2.98. The molecule has 4 aromatic rings. The number of aromatic nitrogens is 3. The minimum absolute atomic E-state index is 0.156. The molecule has 0 unspecified atom stereocenters. The number of amides is 1. The Morgan fingerprint density at radius 2 is 1.78 bits per heavy atom. The summed E-state index contributed by atoms with van der Waals surface area (Å²) in [6, 6.07) is 13.4. The summed E-state index contributed by atoms with van der Waals surface area (Å²) in [6.45, 7) is 0. The Bertz CT molecular complexity index is 1300. The van der Waals surface area contributed by atoms with Crippen LogP contribution >= 0.6 is 0 Å². The van der Waals surface area contributed by atoms with Crippen LogP contribution in [-0.2, 0) is 12.8 Å². The van der Waals surface area contributed by atoms with Gasteiger partial charge in [0.1, 0.15) is 17.2 Å². The summed E-state index contributed by atoms with van der Waals surface area (Å²) in [5.41, 5.74) is 5.04. The normalized spacial score (nSPS) is 12.4. The van der Waals surface area contributed by atoms with Gasteiger partial charge >= 0.3 is 0 Å². The number of hydrogen-bond acceptors (Lipinski definition) is 4. The zero-order chi connectivity index (χ0) is 22.1. The van der Waals surface area contributed by atoms with E-state index in [1.165, 1.54) is 17.8 Å². The van der Waals surface area contributed by atoms with Crippen molar-refractivity contribution < 1.29 is 13.6 Å². The number of carbonyl (C=O) groups excluding carboxylic acids is 1. The molecule has 0 aliphatic heterocycles. The lowest BCUT2D eigenvalue weighted by atomic mass is 9.97. The third kappa shape index (κ3) is 3.73. The number of carbonyl (C=O) groups is 1. The van der Waals surface area contributed by atoms with Crippen molar-refractivity contribution in [2.75, 3.05) is 5.32 Å². The second-order valence-corrected chi connectivity index (χ2v) is 7.57. The van der Waals surface area contributed by atoms with E-state index in [2.05, 4.69) is 38.5 Å². The van der Waals surface area contributed by atoms with Crippen molar-refractivity contribution in [1.29, 1.82) is 0 Å². The van der Waals surface area contributed by atoms with Crippen molar-refractivity contribution in [3.05, 3.63) is 95.6 Å². The quantitative estimate of drug-likeness (QED) is 0.486. The molecular weight excluding hydrogens is 410 g/mol. The molecular formula is C25H18F2N4O. The van der Waals surface area contributed by atoms with Gasteiger partial charge in [0, 0.05) is 23.5 Å². The summed E-state index contributed by atoms with van der Waals surface area (Å²) in [5, 5.41) is 2.47. The molecule has 2 heterocycles. The summed E-state index contributed by atoms with van der Waals surface area (Å²) < 4.78 is 27.9. The van der Waals surface area contributed by atoms with Gasteiger partial charge in [-0.3, -0.25) is 14.8 Å². The van der Waals surface area contributed by atoms with E-state index in [4.69, 9.17) is 0 Å². The maximum absolute atomic E-state index is 13.9. The molecule has 0 fully saturated rings. The number of fused-ring (bicyclic) bond motifs is 3. The minimum Gasteiger partial charge on any atom is -0.305 e. The van der Waals surface area contributed by atoms with Crippen molar-refractivity contribution in [3.63, 3.8) is 0 Å². The molecule has 0 radical (unpaired) electrons. The van der Waals surface area contributed by atoms with Crippen LogP contribution < -0.4 is 5.32 Å². The molecule has 0 atom stereocenters. The summed E-state index contributed by atoms with van der Waals surface area (Å²) in [5.74, 6) is -2.60. The third-order valence-electron chi connectivity index (χ3n) is 5.50. The minimum atomic E-state index is -0.929. The fourth-order valence-corrected chi connectivity index (χ4v) is 3.95. The van der Waals surface area contributed by atoms with Crippen molar-refractivity contribution in [2.45, 2.75) is 19.3 Å². The lowest BCUT2D eigenvalue weighted by Crippen LogP contribution is -2.17. The molecule has 7 heteroatoms. The summed E-state index contributed by atoms with van der Waals surface area (Å²) in [6.07, 6.45) is 7.39. The van der Waals surface area contributed by atoms with Crippen molar-refractivity contribution in [1.82, 2.24) is 15.0 Å². The fourth-order valence-electron chi connectivity index (χ4n) is 3.95. The number of rotatable bonds is 3. The van der Waals surface area contributed by atoms with Gasteiger partial charge in [-0.1, -0.05) is 24.3 Å². The Hall–Kier alpha value is -4.00. The summed E-state index contributed by atoms with van der Waals surface area (Å²) >= 11 is 0. The van der Waals surface area contributed by atoms with Crippen LogP contribution in [0.15, 0.2) is 67.1 Å². The molecule has 1 aliphatic carbocycles. The van der Waals surface area contributed by atoms with Gasteiger partial charge in [0.05, 0.1) is 17.6 Å². The molecule has 1 aliphatic rings. The van der Waals surface area contributed by atoms with Crippen LogP contribution in [0.3, 0.4) is 0 Å². The average molecular weight is 428 g/mol. The first-order valence-corrected chi connectivity index (χ1v) is 10.2. The third-order valence-corrected chi connectivity index (χ3v) is 5.50. The zero-order valence-corrected chi connectivity index (χ0v) is 17.0. The van der Waals surface area contributed by atoms with Crippen molar-refractivity contribution in [3.8, 4) is 22.4 Å². The highest BCUT2D eigenvalue weighted by Crippen LogP contribution is 2.34. The molecule has 5 rings (SSSR count). The van der Waals surface area contributed by atoms with E-state index in [1.807, 2.05) is 18.3 Å². The monoisotopic (exact) mass is 428 g/mol. The van der Waals surface area contributed by atoms with E-state index in [0.29, 0.717) is 6.42 Å². The van der Waals surface area contributed by atoms with Gasteiger partial charge < -0.3 is 5.32 Å². The van der Waals surface area contributed by atoms with Crippen LogP contribution in [-0.4, -0.2) is 20.9 Å². The number of aryl methyl sites for hydroxylation is 2. The van der Waals surface area contributed by atoms with Gasteiger partial charge in [0.2, 0.25) is 0 Å². The van der Waals surface area contributed by atoms with Crippen LogP contribution in [0.25, 0.3) is 22.4 Å². The van der Waals surface area contributed by atoms with Crippen molar-refractivity contribution in [2.24, 2.45) is 0 Å². The van der Waals surface area contributed by atoms with Crippen molar-refractivity contribution >= 4 is 11.7 Å². The summed E-state index contributed by atoms with van der Waals surface area (Å²) in [4.78, 5) is 25.7. The maximum Gasteiger partial charge on any atom is 0.262 e. The SMILES string of the molecule is O=C(Nc1cnc2c(n1)CCCc1ccc(-c3cccnc3)cc1-2)c1c(F)cccc1F. The van der Waals surface area contributed by atoms with Gasteiger partial charge in [-0.2, -0.15) is 0 Å². The molecule has 2 aromatic heterocycles. The fraction of sp³-hybridized carbons (Fsp3) is 0.120. The Morgan fingerprint density at radius 3 is 2.56 bits per heavy atom. The van der Waals surface area contributed by atoms with Crippen LogP contribution in [0.1, 0.15) is 28.0 Å². The number of pyridine rings is 1. The Morgan fingerprint density at radius 1 is 0.938 bits per heavy atom. The number of nitrogens with one attached hydrogen (secondary N) is 1. The molecule has 5 nitrogen and oxygen atoms in total. The highest BCUT2D eigenvalue weighted by Gasteiger charge is 2.21. The first-order chi connectivity index (χ1) is 15.6. The lowest BCUT2D eigenvalue weighted by molar-refractivity contribution is 0.101. The van der Waals surface area contributed by atoms with E-state index in [9.17, 15) is 13.6 Å². The molecule has 158 valence electrons. The van der Waals surface area contributed by atoms with Gasteiger partial charge in [-0.05, 0) is 54.7 Å². The molecule has 0 saturated carbocycles. The van der Waals surface area contributed by atoms with Gasteiger partial charge in [-0.15, -0.1) is 0 Å². The predicted molar refractivity (Wildman–Crippen MR) is 117 cm³/mol. The number of anilines is 1. The molecule has 0 saturated heterocycles. The van der Waals surface area contributed by atoms with Gasteiger partial charge in [0.15, 0.2) is 5.82 Å². The predicted octanol–water partition coefficient (Wildman–Crippen LogP) is 5.22. The lowest BCUT2D eigenvalue weighted by Gasteiger charge is -2.12. The smallest absolute Gasteiger partial charge is 0.262 e. The van der Waals surface area contributed by atoms with E-state index in [-0.39, 0.29) is 5.82 Å². The highest BCUT2D eigenvalue weighted by molar-refractivity contribution is 6.04. The van der Waals surface area contributed by atoms with Crippen LogP contribution in [0, 0.1) is 11.6 Å². The van der Waals surface area contributed by atoms with Crippen LogP contribution in [0.5, 0.6) is 0 Å². The molecule has 0 spiro atoms. The summed E-state index contributed by atoms with van der Waals surface area (Å²) in [7, 11) is 0. The largest absolute Gasteiger partial charge is 0.305 e. The Balaban J connectivity index is 1.50. The second-order valence-electron chi connectivity index (χ2n) is 7.57. The topological polar surface area (TPSA) is 67.8 Å². The van der Waals surface area contributed by atoms with E-state index >= 15 is 0 Å². The first-order valence-electron chi connectivity index (χ1n) is 10.2. The maximum atomic E-state index is 13.9. The highest BCUT2D eigenvalue weighted by atomic mass is 19.1. The molecule has 32 heavy (non-hydrogen) atoms. The molecule has 2 aromatic carbocycles. The van der Waals surface area contributed by atoms with Gasteiger partial charge in [-0.25, -0.2) is 13.8 Å². The second kappa shape index (κ2) is 8.26. The Labute approximate surface area is 183 Å². The zero-order valence-electron chi connectivity index (χ0n) is 17.0. The van der Waals surface area contributed by atoms with E-state index in [0.717, 1.165) is 53.1 Å². The van der Waals surface area contributed by atoms with Gasteiger partial charge in [0.25, 0.3) is 5.91 Å². The van der Waals surface area contributed by atoms with Crippen LogP contribution in [0.4, 0.5) is 14.6 Å². The molecule has 1 N–H and O–H groups in total. The standard InChI is InChI=1S/C25H18F2N4O/c26-19-6-2-7-20(27)23(19)25(32)31-22-14-29-24-18-12-16(17-5-3-11-28-13-17)10-9-15(18)4-1-8-21(24)30-22/h2-3,5-7,9-14H,1,4,8H2,(H,30,31,32). The van der Waals surface area contributed by atoms with E-state index in [1.54, 1.807) is 6.20 Å². The molecule has 1 amide bonds. The number of halogens is 2.